The SMILES string of the molecule is Oc1cc(Cl)ccc1C1(c2ccc(Cl)cc2O)c2ccccc2-c2ccccc21. The highest BCUT2D eigenvalue weighted by Gasteiger charge is 2.48. The van der Waals surface area contributed by atoms with Gasteiger partial charge in [-0.05, 0) is 46.5 Å². The van der Waals surface area contributed by atoms with E-state index in [0.717, 1.165) is 22.3 Å². The van der Waals surface area contributed by atoms with Crippen molar-refractivity contribution in [2.24, 2.45) is 0 Å². The molecule has 0 saturated heterocycles. The molecule has 4 aromatic rings. The van der Waals surface area contributed by atoms with E-state index in [1.807, 2.05) is 48.5 Å². The topological polar surface area (TPSA) is 40.5 Å². The van der Waals surface area contributed by atoms with Gasteiger partial charge < -0.3 is 10.2 Å². The zero-order valence-electron chi connectivity index (χ0n) is 15.2. The van der Waals surface area contributed by atoms with Gasteiger partial charge in [0.1, 0.15) is 11.5 Å². The zero-order chi connectivity index (χ0) is 20.2. The molecule has 1 aliphatic carbocycles. The maximum atomic E-state index is 11.0. The van der Waals surface area contributed by atoms with Crippen molar-refractivity contribution >= 4 is 23.2 Å². The Morgan fingerprint density at radius 1 is 0.517 bits per heavy atom. The van der Waals surface area contributed by atoms with Crippen LogP contribution in [0.1, 0.15) is 22.3 Å². The molecule has 0 saturated carbocycles. The van der Waals surface area contributed by atoms with Crippen LogP contribution in [0.5, 0.6) is 11.5 Å². The molecule has 0 spiro atoms. The summed E-state index contributed by atoms with van der Waals surface area (Å²) < 4.78 is 0. The maximum Gasteiger partial charge on any atom is 0.121 e. The summed E-state index contributed by atoms with van der Waals surface area (Å²) in [6, 6.07) is 26.4. The smallest absolute Gasteiger partial charge is 0.121 e. The molecule has 0 unspecified atom stereocenters. The van der Waals surface area contributed by atoms with Crippen LogP contribution >= 0.6 is 23.2 Å². The van der Waals surface area contributed by atoms with Gasteiger partial charge in [0, 0.05) is 21.2 Å². The molecule has 1 aliphatic rings. The largest absolute Gasteiger partial charge is 0.508 e. The molecule has 0 aliphatic heterocycles. The number of rotatable bonds is 2. The van der Waals surface area contributed by atoms with Gasteiger partial charge in [-0.3, -0.25) is 0 Å². The summed E-state index contributed by atoms with van der Waals surface area (Å²) in [6.07, 6.45) is 0. The van der Waals surface area contributed by atoms with Gasteiger partial charge in [0.15, 0.2) is 0 Å². The number of halogens is 2. The van der Waals surface area contributed by atoms with Gasteiger partial charge in [-0.2, -0.15) is 0 Å². The highest BCUT2D eigenvalue weighted by molar-refractivity contribution is 6.31. The summed E-state index contributed by atoms with van der Waals surface area (Å²) in [7, 11) is 0. The Morgan fingerprint density at radius 2 is 0.931 bits per heavy atom. The molecule has 0 radical (unpaired) electrons. The van der Waals surface area contributed by atoms with Crippen LogP contribution < -0.4 is 0 Å². The molecule has 0 bridgehead atoms. The number of aromatic hydroxyl groups is 2. The summed E-state index contributed by atoms with van der Waals surface area (Å²) in [5, 5.41) is 22.9. The van der Waals surface area contributed by atoms with E-state index in [2.05, 4.69) is 12.1 Å². The van der Waals surface area contributed by atoms with Crippen LogP contribution in [0.15, 0.2) is 84.9 Å². The summed E-state index contributed by atoms with van der Waals surface area (Å²) in [6.45, 7) is 0. The Kier molecular flexibility index (Phi) is 4.09. The second-order valence-corrected chi connectivity index (χ2v) is 8.04. The van der Waals surface area contributed by atoms with E-state index in [0.29, 0.717) is 21.2 Å². The minimum absolute atomic E-state index is 0.0679. The molecule has 29 heavy (non-hydrogen) atoms. The van der Waals surface area contributed by atoms with E-state index < -0.39 is 5.41 Å². The number of phenols is 2. The van der Waals surface area contributed by atoms with Crippen molar-refractivity contribution in [3.05, 3.63) is 117 Å². The van der Waals surface area contributed by atoms with Crippen LogP contribution in [0.2, 0.25) is 10.0 Å². The fraction of sp³-hybridized carbons (Fsp3) is 0.0400. The second-order valence-electron chi connectivity index (χ2n) is 7.16. The second kappa shape index (κ2) is 6.55. The molecule has 142 valence electrons. The van der Waals surface area contributed by atoms with Crippen LogP contribution in [0.4, 0.5) is 0 Å². The van der Waals surface area contributed by atoms with Gasteiger partial charge in [-0.1, -0.05) is 83.9 Å². The third-order valence-electron chi connectivity index (χ3n) is 5.68. The molecule has 5 rings (SSSR count). The van der Waals surface area contributed by atoms with Gasteiger partial charge >= 0.3 is 0 Å². The first-order valence-corrected chi connectivity index (χ1v) is 9.96. The van der Waals surface area contributed by atoms with Crippen LogP contribution in [0.25, 0.3) is 11.1 Å². The monoisotopic (exact) mass is 418 g/mol. The summed E-state index contributed by atoms with van der Waals surface area (Å²) >= 11 is 12.3. The van der Waals surface area contributed by atoms with Gasteiger partial charge in [0.2, 0.25) is 0 Å². The van der Waals surface area contributed by atoms with Crippen LogP contribution in [0, 0.1) is 0 Å². The van der Waals surface area contributed by atoms with Crippen LogP contribution in [-0.2, 0) is 5.41 Å². The Morgan fingerprint density at radius 3 is 1.34 bits per heavy atom. The summed E-state index contributed by atoms with van der Waals surface area (Å²) in [4.78, 5) is 0. The molecule has 0 amide bonds. The number of phenolic OH excluding ortho intramolecular Hbond substituents is 2. The molecule has 0 atom stereocenters. The average Bonchev–Trinajstić information content (AvgIpc) is 3.00. The highest BCUT2D eigenvalue weighted by Crippen LogP contribution is 2.59. The molecule has 4 aromatic carbocycles. The lowest BCUT2D eigenvalue weighted by atomic mass is 9.67. The van der Waals surface area contributed by atoms with Crippen molar-refractivity contribution in [1.82, 2.24) is 0 Å². The third kappa shape index (κ3) is 2.50. The van der Waals surface area contributed by atoms with Gasteiger partial charge in [0.25, 0.3) is 0 Å². The highest BCUT2D eigenvalue weighted by atomic mass is 35.5. The average molecular weight is 419 g/mol. The minimum atomic E-state index is -0.906. The lowest BCUT2D eigenvalue weighted by Crippen LogP contribution is -2.28. The normalized spacial score (nSPS) is 13.7. The lowest BCUT2D eigenvalue weighted by Gasteiger charge is -2.34. The lowest BCUT2D eigenvalue weighted by molar-refractivity contribution is 0.448. The Balaban J connectivity index is 2.00. The standard InChI is InChI=1S/C25H16Cl2O2/c26-15-9-11-21(23(28)13-15)25(22-12-10-16(27)14-24(22)29)19-7-3-1-5-17(19)18-6-2-4-8-20(18)25/h1-14,28-29H. The van der Waals surface area contributed by atoms with Crippen molar-refractivity contribution in [2.75, 3.05) is 0 Å². The summed E-state index contributed by atoms with van der Waals surface area (Å²) in [5.41, 5.74) is 4.48. The van der Waals surface area contributed by atoms with Crippen LogP contribution in [0.3, 0.4) is 0 Å². The van der Waals surface area contributed by atoms with Gasteiger partial charge in [-0.15, -0.1) is 0 Å². The molecular weight excluding hydrogens is 403 g/mol. The Bertz CT molecular complexity index is 1160. The number of hydrogen-bond donors (Lipinski definition) is 2. The van der Waals surface area contributed by atoms with Crippen molar-refractivity contribution in [3.8, 4) is 22.6 Å². The van der Waals surface area contributed by atoms with E-state index >= 15 is 0 Å². The van der Waals surface area contributed by atoms with Crippen molar-refractivity contribution in [2.45, 2.75) is 5.41 Å². The molecule has 0 fully saturated rings. The van der Waals surface area contributed by atoms with Gasteiger partial charge in [-0.25, -0.2) is 0 Å². The van der Waals surface area contributed by atoms with E-state index in [9.17, 15) is 10.2 Å². The van der Waals surface area contributed by atoms with Crippen LogP contribution in [-0.4, -0.2) is 10.2 Å². The first-order chi connectivity index (χ1) is 14.0. The number of fused-ring (bicyclic) bond motifs is 3. The first-order valence-electron chi connectivity index (χ1n) is 9.21. The fourth-order valence-corrected chi connectivity index (χ4v) is 4.94. The molecule has 4 heteroatoms. The van der Waals surface area contributed by atoms with Crippen molar-refractivity contribution in [3.63, 3.8) is 0 Å². The molecular formula is C25H16Cl2O2. The van der Waals surface area contributed by atoms with E-state index in [1.165, 1.54) is 12.1 Å². The summed E-state index contributed by atoms with van der Waals surface area (Å²) in [5.74, 6) is 0.136. The quantitative estimate of drug-likeness (QED) is 0.332. The van der Waals surface area contributed by atoms with E-state index in [-0.39, 0.29) is 11.5 Å². The zero-order valence-corrected chi connectivity index (χ0v) is 16.7. The van der Waals surface area contributed by atoms with E-state index in [1.54, 1.807) is 12.1 Å². The predicted molar refractivity (Wildman–Crippen MR) is 117 cm³/mol. The Hall–Kier alpha value is -2.94. The Labute approximate surface area is 178 Å². The third-order valence-corrected chi connectivity index (χ3v) is 6.15. The first kappa shape index (κ1) is 18.1. The number of benzene rings is 4. The van der Waals surface area contributed by atoms with Crippen molar-refractivity contribution < 1.29 is 10.2 Å². The van der Waals surface area contributed by atoms with Gasteiger partial charge in [0.05, 0.1) is 5.41 Å². The van der Waals surface area contributed by atoms with E-state index in [4.69, 9.17) is 23.2 Å². The van der Waals surface area contributed by atoms with Crippen molar-refractivity contribution in [1.29, 1.82) is 0 Å². The minimum Gasteiger partial charge on any atom is -0.508 e. The fourth-order valence-electron chi connectivity index (χ4n) is 4.60. The molecule has 0 aromatic heterocycles. The maximum absolute atomic E-state index is 11.0. The molecule has 2 N–H and O–H groups in total. The number of hydrogen-bond acceptors (Lipinski definition) is 2. The molecule has 2 nitrogen and oxygen atoms in total. The predicted octanol–water partition coefficient (Wildman–Crippen LogP) is 6.77. The molecule has 0 heterocycles.